The van der Waals surface area contributed by atoms with Crippen LogP contribution in [0.5, 0.6) is 0 Å². The zero-order chi connectivity index (χ0) is 17.8. The minimum absolute atomic E-state index is 0.317. The van der Waals surface area contributed by atoms with Gasteiger partial charge in [-0.25, -0.2) is 19.2 Å². The summed E-state index contributed by atoms with van der Waals surface area (Å²) in [6.07, 6.45) is 2.22. The number of carboxylic acids is 1. The Morgan fingerprint density at radius 3 is 2.68 bits per heavy atom. The molecule has 2 heterocycles. The average Bonchev–Trinajstić information content (AvgIpc) is 2.99. The Morgan fingerprint density at radius 1 is 1.24 bits per heavy atom. The second-order valence-corrected chi connectivity index (χ2v) is 6.60. The Labute approximate surface area is 148 Å². The number of hydrogen-bond acceptors (Lipinski definition) is 5. The van der Waals surface area contributed by atoms with Crippen LogP contribution in [0.1, 0.15) is 20.8 Å². The van der Waals surface area contributed by atoms with Gasteiger partial charge < -0.3 is 10.4 Å². The van der Waals surface area contributed by atoms with Crippen LogP contribution in [0, 0.1) is 12.7 Å². The van der Waals surface area contributed by atoms with E-state index in [0.29, 0.717) is 22.9 Å². The van der Waals surface area contributed by atoms with Gasteiger partial charge in [0.15, 0.2) is 0 Å². The number of benzene rings is 1. The summed E-state index contributed by atoms with van der Waals surface area (Å²) in [7, 11) is 0. The van der Waals surface area contributed by atoms with Crippen LogP contribution in [0.3, 0.4) is 0 Å². The van der Waals surface area contributed by atoms with E-state index in [-0.39, 0.29) is 4.88 Å². The molecule has 0 atom stereocenters. The maximum atomic E-state index is 13.6. The molecule has 25 heavy (non-hydrogen) atoms. The van der Waals surface area contributed by atoms with Crippen molar-refractivity contribution in [2.75, 3.05) is 11.9 Å². The third-order valence-electron chi connectivity index (χ3n) is 3.64. The van der Waals surface area contributed by atoms with E-state index in [1.807, 2.05) is 6.92 Å². The van der Waals surface area contributed by atoms with Gasteiger partial charge in [0, 0.05) is 12.6 Å². The van der Waals surface area contributed by atoms with Crippen LogP contribution in [0.4, 0.5) is 10.2 Å². The van der Waals surface area contributed by atoms with Gasteiger partial charge in [-0.15, -0.1) is 11.3 Å². The molecule has 0 fully saturated rings. The van der Waals surface area contributed by atoms with E-state index in [1.165, 1.54) is 23.5 Å². The van der Waals surface area contributed by atoms with Crippen molar-refractivity contribution in [3.63, 3.8) is 0 Å². The molecule has 0 bridgehead atoms. The minimum Gasteiger partial charge on any atom is -0.477 e. The summed E-state index contributed by atoms with van der Waals surface area (Å²) >= 11 is 0.859. The molecule has 3 rings (SSSR count). The molecular weight excluding hydrogens is 341 g/mol. The number of aromatic carboxylic acids is 1. The first-order chi connectivity index (χ1) is 12.0. The van der Waals surface area contributed by atoms with Crippen LogP contribution >= 0.6 is 11.3 Å². The van der Waals surface area contributed by atoms with E-state index in [9.17, 15) is 9.18 Å². The molecule has 0 saturated heterocycles. The van der Waals surface area contributed by atoms with Gasteiger partial charge in [0.1, 0.15) is 22.8 Å². The number of nitrogens with zero attached hydrogens (tertiary/aromatic N) is 2. The lowest BCUT2D eigenvalue weighted by Gasteiger charge is -2.07. The lowest BCUT2D eigenvalue weighted by atomic mass is 10.1. The van der Waals surface area contributed by atoms with Gasteiger partial charge in [-0.3, -0.25) is 0 Å². The highest BCUT2D eigenvalue weighted by Crippen LogP contribution is 2.30. The summed E-state index contributed by atoms with van der Waals surface area (Å²) < 4.78 is 13.6. The van der Waals surface area contributed by atoms with E-state index >= 15 is 0 Å². The molecule has 5 nitrogen and oxygen atoms in total. The van der Waals surface area contributed by atoms with Crippen molar-refractivity contribution in [3.8, 4) is 10.6 Å². The summed E-state index contributed by atoms with van der Waals surface area (Å²) in [6.45, 7) is 2.74. The summed E-state index contributed by atoms with van der Waals surface area (Å²) in [5.74, 6) is -1.41. The third-order valence-corrected chi connectivity index (χ3v) is 4.76. The van der Waals surface area contributed by atoms with Crippen molar-refractivity contribution in [2.24, 2.45) is 0 Å². The fourth-order valence-corrected chi connectivity index (χ4v) is 3.16. The highest BCUT2D eigenvalue weighted by molar-refractivity contribution is 7.17. The predicted octanol–water partition coefficient (Wildman–Crippen LogP) is 4.01. The number of rotatable bonds is 6. The van der Waals surface area contributed by atoms with E-state index in [4.69, 9.17) is 5.11 Å². The molecule has 0 radical (unpaired) electrons. The van der Waals surface area contributed by atoms with E-state index < -0.39 is 11.8 Å². The molecule has 0 spiro atoms. The molecule has 128 valence electrons. The van der Waals surface area contributed by atoms with Crippen LogP contribution in [0.2, 0.25) is 0 Å². The Kier molecular flexibility index (Phi) is 5.04. The van der Waals surface area contributed by atoms with Crippen molar-refractivity contribution in [1.82, 2.24) is 9.97 Å². The molecule has 0 aliphatic heterocycles. The number of thiophene rings is 1. The Morgan fingerprint density at radius 2 is 2.00 bits per heavy atom. The molecule has 0 amide bonds. The van der Waals surface area contributed by atoms with Gasteiger partial charge in [-0.1, -0.05) is 29.8 Å². The summed E-state index contributed by atoms with van der Waals surface area (Å²) in [4.78, 5) is 19.3. The van der Waals surface area contributed by atoms with Crippen LogP contribution in [0.15, 0.2) is 42.7 Å². The zero-order valence-corrected chi connectivity index (χ0v) is 14.3. The Bertz CT molecular complexity index is 894. The second-order valence-electron chi connectivity index (χ2n) is 5.54. The number of carboxylic acid groups (broad SMARTS) is 1. The monoisotopic (exact) mass is 357 g/mol. The third kappa shape index (κ3) is 4.19. The SMILES string of the molecule is Cc1ccc(CCNc2cc(-c3cc(F)c(C(=O)O)s3)ncn2)cc1. The quantitative estimate of drug-likeness (QED) is 0.697. The smallest absolute Gasteiger partial charge is 0.348 e. The molecule has 7 heteroatoms. The summed E-state index contributed by atoms with van der Waals surface area (Å²) in [5, 5.41) is 12.2. The second kappa shape index (κ2) is 7.40. The molecule has 2 aromatic heterocycles. The van der Waals surface area contributed by atoms with E-state index in [2.05, 4.69) is 39.6 Å². The van der Waals surface area contributed by atoms with Crippen molar-refractivity contribution in [1.29, 1.82) is 0 Å². The number of aryl methyl sites for hydroxylation is 1. The number of halogens is 1. The van der Waals surface area contributed by atoms with E-state index in [0.717, 1.165) is 17.8 Å². The molecule has 3 aromatic rings. The van der Waals surface area contributed by atoms with Crippen LogP contribution < -0.4 is 5.32 Å². The maximum Gasteiger partial charge on any atom is 0.348 e. The molecular formula is C18H16FN3O2S. The molecule has 1 aromatic carbocycles. The highest BCUT2D eigenvalue weighted by Gasteiger charge is 2.17. The Hall–Kier alpha value is -2.80. The van der Waals surface area contributed by atoms with Gasteiger partial charge in [0.25, 0.3) is 0 Å². The lowest BCUT2D eigenvalue weighted by Crippen LogP contribution is -2.06. The number of hydrogen-bond donors (Lipinski definition) is 2. The first kappa shape index (κ1) is 17.0. The summed E-state index contributed by atoms with van der Waals surface area (Å²) in [5.41, 5.74) is 2.93. The van der Waals surface area contributed by atoms with Gasteiger partial charge in [0.05, 0.1) is 10.6 Å². The highest BCUT2D eigenvalue weighted by atomic mass is 32.1. The average molecular weight is 357 g/mol. The fraction of sp³-hybridized carbons (Fsp3) is 0.167. The molecule has 0 aliphatic carbocycles. The maximum absolute atomic E-state index is 13.6. The lowest BCUT2D eigenvalue weighted by molar-refractivity contribution is 0.0697. The van der Waals surface area contributed by atoms with Crippen molar-refractivity contribution >= 4 is 23.1 Å². The van der Waals surface area contributed by atoms with Crippen molar-refractivity contribution in [3.05, 3.63) is 64.5 Å². The van der Waals surface area contributed by atoms with Crippen molar-refractivity contribution < 1.29 is 14.3 Å². The van der Waals surface area contributed by atoms with Gasteiger partial charge in [-0.2, -0.15) is 0 Å². The van der Waals surface area contributed by atoms with Gasteiger partial charge in [-0.05, 0) is 25.0 Å². The van der Waals surface area contributed by atoms with Crippen molar-refractivity contribution in [2.45, 2.75) is 13.3 Å². The molecule has 0 unspecified atom stereocenters. The first-order valence-electron chi connectivity index (χ1n) is 7.67. The zero-order valence-electron chi connectivity index (χ0n) is 13.5. The van der Waals surface area contributed by atoms with Crippen LogP contribution in [-0.2, 0) is 6.42 Å². The van der Waals surface area contributed by atoms with E-state index in [1.54, 1.807) is 6.07 Å². The number of nitrogens with one attached hydrogen (secondary N) is 1. The number of carbonyl (C=O) groups is 1. The molecule has 0 saturated carbocycles. The molecule has 0 aliphatic rings. The van der Waals surface area contributed by atoms with Gasteiger partial charge >= 0.3 is 5.97 Å². The first-order valence-corrected chi connectivity index (χ1v) is 8.49. The number of aromatic nitrogens is 2. The standard InChI is InChI=1S/C18H16FN3O2S/c1-11-2-4-12(5-3-11)6-7-20-16-9-14(21-10-22-16)15-8-13(19)17(25-15)18(23)24/h2-5,8-10H,6-7H2,1H3,(H,23,24)(H,20,21,22). The topological polar surface area (TPSA) is 75.1 Å². The molecule has 2 N–H and O–H groups in total. The normalized spacial score (nSPS) is 10.6. The number of anilines is 1. The van der Waals surface area contributed by atoms with Crippen LogP contribution in [-0.4, -0.2) is 27.6 Å². The largest absolute Gasteiger partial charge is 0.477 e. The minimum atomic E-state index is -1.28. The van der Waals surface area contributed by atoms with Crippen LogP contribution in [0.25, 0.3) is 10.6 Å². The fourth-order valence-electron chi connectivity index (χ4n) is 2.32. The Balaban J connectivity index is 1.68. The van der Waals surface area contributed by atoms with Gasteiger partial charge in [0.2, 0.25) is 0 Å². The predicted molar refractivity (Wildman–Crippen MR) is 95.6 cm³/mol. The summed E-state index contributed by atoms with van der Waals surface area (Å²) in [6, 6.07) is 11.2.